The van der Waals surface area contributed by atoms with Gasteiger partial charge in [0.15, 0.2) is 0 Å². The van der Waals surface area contributed by atoms with Crippen molar-refractivity contribution in [3.05, 3.63) is 0 Å². The first-order chi connectivity index (χ1) is 7.83. The number of methoxy groups -OCH3 is 1. The molecular formula is C14H25NO2. The summed E-state index contributed by atoms with van der Waals surface area (Å²) in [7, 11) is 1.45. The summed E-state index contributed by atoms with van der Waals surface area (Å²) in [6, 6.07) is 0.252. The monoisotopic (exact) mass is 239 g/mol. The highest BCUT2D eigenvalue weighted by Crippen LogP contribution is 2.65. The van der Waals surface area contributed by atoms with Gasteiger partial charge in [-0.2, -0.15) is 0 Å². The summed E-state index contributed by atoms with van der Waals surface area (Å²) in [4.78, 5) is 11.5. The van der Waals surface area contributed by atoms with Crippen LogP contribution in [0, 0.1) is 16.7 Å². The molecule has 1 N–H and O–H groups in total. The van der Waals surface area contributed by atoms with Gasteiger partial charge in [0, 0.05) is 6.04 Å². The molecule has 0 spiro atoms. The van der Waals surface area contributed by atoms with Crippen LogP contribution in [0.5, 0.6) is 0 Å². The molecule has 4 atom stereocenters. The summed E-state index contributed by atoms with van der Waals surface area (Å²) < 4.78 is 4.79. The fourth-order valence-electron chi connectivity index (χ4n) is 4.00. The number of hydrogen-bond donors (Lipinski definition) is 1. The van der Waals surface area contributed by atoms with Crippen LogP contribution in [0.3, 0.4) is 0 Å². The Morgan fingerprint density at radius 3 is 2.47 bits per heavy atom. The first kappa shape index (κ1) is 12.9. The number of rotatable bonds is 3. The zero-order chi connectivity index (χ0) is 12.8. The second-order valence-corrected chi connectivity index (χ2v) is 6.57. The number of carbonyl (C=O) groups excluding carboxylic acids is 1. The fourth-order valence-corrected chi connectivity index (χ4v) is 4.00. The van der Waals surface area contributed by atoms with E-state index in [1.54, 1.807) is 0 Å². The molecule has 17 heavy (non-hydrogen) atoms. The summed E-state index contributed by atoms with van der Waals surface area (Å²) in [5.41, 5.74) is 0.709. The van der Waals surface area contributed by atoms with Crippen molar-refractivity contribution in [2.75, 3.05) is 7.11 Å². The summed E-state index contributed by atoms with van der Waals surface area (Å²) in [6.45, 7) is 9.04. The average molecular weight is 239 g/mol. The van der Waals surface area contributed by atoms with E-state index < -0.39 is 0 Å². The lowest BCUT2D eigenvalue weighted by molar-refractivity contribution is -0.143. The van der Waals surface area contributed by atoms with Crippen LogP contribution in [0.25, 0.3) is 0 Å². The van der Waals surface area contributed by atoms with Crippen LogP contribution in [0.4, 0.5) is 0 Å². The van der Waals surface area contributed by atoms with Crippen LogP contribution < -0.4 is 5.32 Å². The zero-order valence-electron chi connectivity index (χ0n) is 11.7. The van der Waals surface area contributed by atoms with Crippen molar-refractivity contribution in [3.63, 3.8) is 0 Å². The van der Waals surface area contributed by atoms with Crippen molar-refractivity contribution in [2.24, 2.45) is 16.7 Å². The van der Waals surface area contributed by atoms with E-state index in [2.05, 4.69) is 26.1 Å². The third kappa shape index (κ3) is 1.70. The van der Waals surface area contributed by atoms with Crippen molar-refractivity contribution < 1.29 is 9.53 Å². The number of carbonyl (C=O) groups is 1. The lowest BCUT2D eigenvalue weighted by atomic mass is 9.69. The molecule has 0 aliphatic heterocycles. The van der Waals surface area contributed by atoms with Gasteiger partial charge in [-0.25, -0.2) is 0 Å². The van der Waals surface area contributed by atoms with Crippen LogP contribution >= 0.6 is 0 Å². The Labute approximate surface area is 104 Å². The largest absolute Gasteiger partial charge is 0.468 e. The highest BCUT2D eigenvalue weighted by Gasteiger charge is 2.61. The second kappa shape index (κ2) is 3.98. The van der Waals surface area contributed by atoms with Crippen molar-refractivity contribution in [1.82, 2.24) is 5.32 Å². The maximum absolute atomic E-state index is 11.5. The zero-order valence-corrected chi connectivity index (χ0v) is 11.7. The Hall–Kier alpha value is -0.570. The molecule has 0 aromatic carbocycles. The van der Waals surface area contributed by atoms with Crippen LogP contribution in [-0.2, 0) is 9.53 Å². The molecule has 0 aromatic heterocycles. The molecule has 2 fully saturated rings. The smallest absolute Gasteiger partial charge is 0.322 e. The SMILES string of the molecule is COC(=O)C(C)NC1CC2CCC1(C)C2(C)C. The van der Waals surface area contributed by atoms with Crippen LogP contribution in [-0.4, -0.2) is 25.2 Å². The van der Waals surface area contributed by atoms with E-state index in [9.17, 15) is 4.79 Å². The van der Waals surface area contributed by atoms with Gasteiger partial charge in [0.25, 0.3) is 0 Å². The van der Waals surface area contributed by atoms with Crippen LogP contribution in [0.15, 0.2) is 0 Å². The Balaban J connectivity index is 2.08. The average Bonchev–Trinajstić information content (AvgIpc) is 2.60. The van der Waals surface area contributed by atoms with Crippen LogP contribution in [0.1, 0.15) is 47.0 Å². The molecule has 0 saturated heterocycles. The van der Waals surface area contributed by atoms with E-state index in [4.69, 9.17) is 4.74 Å². The third-order valence-electron chi connectivity index (χ3n) is 5.80. The molecule has 0 aromatic rings. The summed E-state index contributed by atoms with van der Waals surface area (Å²) >= 11 is 0. The van der Waals surface area contributed by atoms with E-state index >= 15 is 0 Å². The predicted molar refractivity (Wildman–Crippen MR) is 67.6 cm³/mol. The first-order valence-corrected chi connectivity index (χ1v) is 6.67. The number of ether oxygens (including phenoxy) is 1. The Morgan fingerprint density at radius 1 is 1.41 bits per heavy atom. The van der Waals surface area contributed by atoms with Gasteiger partial charge in [-0.05, 0) is 42.9 Å². The topological polar surface area (TPSA) is 38.3 Å². The lowest BCUT2D eigenvalue weighted by Gasteiger charge is -2.40. The number of hydrogen-bond acceptors (Lipinski definition) is 3. The summed E-state index contributed by atoms with van der Waals surface area (Å²) in [5.74, 6) is 0.643. The Bertz CT molecular complexity index is 326. The first-order valence-electron chi connectivity index (χ1n) is 6.67. The Kier molecular flexibility index (Phi) is 3.01. The normalized spacial score (nSPS) is 40.3. The minimum atomic E-state index is -0.197. The summed E-state index contributed by atoms with van der Waals surface area (Å²) in [6.07, 6.45) is 3.81. The van der Waals surface area contributed by atoms with Crippen molar-refractivity contribution in [1.29, 1.82) is 0 Å². The molecule has 2 rings (SSSR count). The van der Waals surface area contributed by atoms with Gasteiger partial charge in [-0.1, -0.05) is 20.8 Å². The van der Waals surface area contributed by atoms with Crippen molar-refractivity contribution in [3.8, 4) is 0 Å². The van der Waals surface area contributed by atoms with Crippen molar-refractivity contribution >= 4 is 5.97 Å². The molecular weight excluding hydrogens is 214 g/mol. The minimum Gasteiger partial charge on any atom is -0.468 e. The molecule has 0 heterocycles. The van der Waals surface area contributed by atoms with E-state index in [0.717, 1.165) is 5.92 Å². The maximum atomic E-state index is 11.5. The van der Waals surface area contributed by atoms with E-state index in [1.807, 2.05) is 6.92 Å². The predicted octanol–water partition coefficient (Wildman–Crippen LogP) is 2.35. The molecule has 2 saturated carbocycles. The molecule has 0 amide bonds. The second-order valence-electron chi connectivity index (χ2n) is 6.57. The molecule has 98 valence electrons. The fraction of sp³-hybridized carbons (Fsp3) is 0.929. The molecule has 3 heteroatoms. The van der Waals surface area contributed by atoms with Gasteiger partial charge >= 0.3 is 5.97 Å². The third-order valence-corrected chi connectivity index (χ3v) is 5.80. The highest BCUT2D eigenvalue weighted by atomic mass is 16.5. The standard InChI is InChI=1S/C14H25NO2/c1-9(12(16)17-5)15-11-8-10-6-7-14(11,4)13(10,2)3/h9-11,15H,6-8H2,1-5H3. The van der Waals surface area contributed by atoms with Gasteiger partial charge in [-0.3, -0.25) is 4.79 Å². The lowest BCUT2D eigenvalue weighted by Crippen LogP contribution is -2.50. The molecule has 2 aliphatic rings. The van der Waals surface area contributed by atoms with Crippen molar-refractivity contribution in [2.45, 2.75) is 59.0 Å². The van der Waals surface area contributed by atoms with E-state index in [1.165, 1.54) is 26.4 Å². The van der Waals surface area contributed by atoms with E-state index in [-0.39, 0.29) is 12.0 Å². The number of esters is 1. The van der Waals surface area contributed by atoms with Crippen LogP contribution in [0.2, 0.25) is 0 Å². The van der Waals surface area contributed by atoms with Gasteiger partial charge in [-0.15, -0.1) is 0 Å². The van der Waals surface area contributed by atoms with Gasteiger partial charge in [0.1, 0.15) is 6.04 Å². The highest BCUT2D eigenvalue weighted by molar-refractivity contribution is 5.75. The number of fused-ring (bicyclic) bond motifs is 2. The molecule has 2 aliphatic carbocycles. The minimum absolute atomic E-state index is 0.158. The van der Waals surface area contributed by atoms with Gasteiger partial charge < -0.3 is 10.1 Å². The maximum Gasteiger partial charge on any atom is 0.322 e. The molecule has 3 nitrogen and oxygen atoms in total. The molecule has 0 radical (unpaired) electrons. The molecule has 2 bridgehead atoms. The number of nitrogens with one attached hydrogen (secondary N) is 1. The van der Waals surface area contributed by atoms with Gasteiger partial charge in [0.2, 0.25) is 0 Å². The van der Waals surface area contributed by atoms with Gasteiger partial charge in [0.05, 0.1) is 7.11 Å². The molecule has 4 unspecified atom stereocenters. The Morgan fingerprint density at radius 2 is 2.06 bits per heavy atom. The summed E-state index contributed by atoms with van der Waals surface area (Å²) in [5, 5.41) is 3.48. The van der Waals surface area contributed by atoms with E-state index in [0.29, 0.717) is 16.9 Å². The quantitative estimate of drug-likeness (QED) is 0.768.